The van der Waals surface area contributed by atoms with Crippen LogP contribution < -0.4 is 0 Å². The van der Waals surface area contributed by atoms with Crippen LogP contribution in [0.2, 0.25) is 0 Å². The van der Waals surface area contributed by atoms with E-state index in [1.807, 2.05) is 20.8 Å². The van der Waals surface area contributed by atoms with Gasteiger partial charge in [-0.1, -0.05) is 41.5 Å². The maximum absolute atomic E-state index is 13.8. The second-order valence-corrected chi connectivity index (χ2v) is 8.24. The SMILES string of the molecule is CC(C)(C)CC(=O)CCc1nc(CC(C)(C)C)ccc1F. The van der Waals surface area contributed by atoms with Gasteiger partial charge in [-0.25, -0.2) is 4.39 Å². The first-order chi connectivity index (χ1) is 9.46. The zero-order chi connectivity index (χ0) is 16.3. The number of carbonyl (C=O) groups is 1. The van der Waals surface area contributed by atoms with Crippen molar-refractivity contribution in [1.82, 2.24) is 4.98 Å². The quantitative estimate of drug-likeness (QED) is 0.784. The third-order valence-electron chi connectivity index (χ3n) is 3.06. The van der Waals surface area contributed by atoms with Gasteiger partial charge in [0.15, 0.2) is 0 Å². The Bertz CT molecular complexity index is 495. The van der Waals surface area contributed by atoms with Gasteiger partial charge in [-0.05, 0) is 35.8 Å². The summed E-state index contributed by atoms with van der Waals surface area (Å²) in [4.78, 5) is 16.3. The summed E-state index contributed by atoms with van der Waals surface area (Å²) in [6.45, 7) is 12.5. The van der Waals surface area contributed by atoms with E-state index < -0.39 is 0 Å². The van der Waals surface area contributed by atoms with Crippen LogP contribution in [0.1, 0.15) is 65.8 Å². The Hall–Kier alpha value is -1.25. The van der Waals surface area contributed by atoms with E-state index in [1.165, 1.54) is 6.07 Å². The van der Waals surface area contributed by atoms with Crippen molar-refractivity contribution in [2.45, 2.75) is 67.2 Å². The van der Waals surface area contributed by atoms with Gasteiger partial charge in [-0.15, -0.1) is 0 Å². The highest BCUT2D eigenvalue weighted by Gasteiger charge is 2.18. The number of halogens is 1. The zero-order valence-electron chi connectivity index (χ0n) is 14.2. The number of rotatable bonds is 5. The number of hydrogen-bond acceptors (Lipinski definition) is 2. The van der Waals surface area contributed by atoms with Gasteiger partial charge in [0.1, 0.15) is 11.6 Å². The second-order valence-electron chi connectivity index (χ2n) is 8.24. The molecule has 0 amide bonds. The number of Topliss-reactive ketones (excluding diaryl/α,β-unsaturated/α-hetero) is 1. The molecule has 0 fully saturated rings. The molecule has 0 radical (unpaired) electrons. The first-order valence-electron chi connectivity index (χ1n) is 7.62. The smallest absolute Gasteiger partial charge is 0.144 e. The fourth-order valence-electron chi connectivity index (χ4n) is 2.28. The minimum Gasteiger partial charge on any atom is -0.300 e. The maximum Gasteiger partial charge on any atom is 0.144 e. The lowest BCUT2D eigenvalue weighted by atomic mass is 9.88. The molecule has 1 aromatic heterocycles. The molecule has 1 aromatic rings. The van der Waals surface area contributed by atoms with Crippen LogP contribution in [-0.4, -0.2) is 10.8 Å². The molecule has 0 aliphatic heterocycles. The molecule has 0 saturated heterocycles. The fourth-order valence-corrected chi connectivity index (χ4v) is 2.28. The van der Waals surface area contributed by atoms with Crippen molar-refractivity contribution in [1.29, 1.82) is 0 Å². The lowest BCUT2D eigenvalue weighted by molar-refractivity contribution is -0.120. The summed E-state index contributed by atoms with van der Waals surface area (Å²) in [6, 6.07) is 3.21. The van der Waals surface area contributed by atoms with Crippen LogP contribution >= 0.6 is 0 Å². The fraction of sp³-hybridized carbons (Fsp3) is 0.667. The lowest BCUT2D eigenvalue weighted by Crippen LogP contribution is -2.15. The number of hydrogen-bond donors (Lipinski definition) is 0. The first-order valence-corrected chi connectivity index (χ1v) is 7.62. The van der Waals surface area contributed by atoms with E-state index in [9.17, 15) is 9.18 Å². The lowest BCUT2D eigenvalue weighted by Gasteiger charge is -2.18. The van der Waals surface area contributed by atoms with Gasteiger partial charge in [-0.2, -0.15) is 0 Å². The maximum atomic E-state index is 13.8. The summed E-state index contributed by atoms with van der Waals surface area (Å²) in [6.07, 6.45) is 2.07. The van der Waals surface area contributed by atoms with Crippen LogP contribution in [0, 0.1) is 16.6 Å². The summed E-state index contributed by atoms with van der Waals surface area (Å²) < 4.78 is 13.8. The molecule has 0 bridgehead atoms. The van der Waals surface area contributed by atoms with Crippen LogP contribution in [0.25, 0.3) is 0 Å². The molecule has 118 valence electrons. The molecule has 1 heterocycles. The van der Waals surface area contributed by atoms with Gasteiger partial charge < -0.3 is 0 Å². The third-order valence-corrected chi connectivity index (χ3v) is 3.06. The Labute approximate surface area is 128 Å². The van der Waals surface area contributed by atoms with E-state index >= 15 is 0 Å². The molecule has 0 N–H and O–H groups in total. The Morgan fingerprint density at radius 3 is 2.24 bits per heavy atom. The van der Waals surface area contributed by atoms with Gasteiger partial charge in [0, 0.05) is 18.5 Å². The largest absolute Gasteiger partial charge is 0.300 e. The van der Waals surface area contributed by atoms with Crippen molar-refractivity contribution in [3.8, 4) is 0 Å². The first kappa shape index (κ1) is 17.8. The van der Waals surface area contributed by atoms with Crippen molar-refractivity contribution < 1.29 is 9.18 Å². The van der Waals surface area contributed by atoms with Crippen molar-refractivity contribution in [2.24, 2.45) is 10.8 Å². The molecule has 0 aliphatic carbocycles. The molecule has 21 heavy (non-hydrogen) atoms. The predicted molar refractivity (Wildman–Crippen MR) is 84.8 cm³/mol. The summed E-state index contributed by atoms with van der Waals surface area (Å²) in [5, 5.41) is 0. The van der Waals surface area contributed by atoms with E-state index in [0.717, 1.165) is 12.1 Å². The minimum absolute atomic E-state index is 0.0167. The number of nitrogens with zero attached hydrogens (tertiary/aromatic N) is 1. The Morgan fingerprint density at radius 1 is 1.10 bits per heavy atom. The normalized spacial score (nSPS) is 12.5. The molecular formula is C18H28FNO. The molecule has 3 heteroatoms. The highest BCUT2D eigenvalue weighted by atomic mass is 19.1. The van der Waals surface area contributed by atoms with Gasteiger partial charge in [0.05, 0.1) is 5.69 Å². The topological polar surface area (TPSA) is 30.0 Å². The summed E-state index contributed by atoms with van der Waals surface area (Å²) in [5.74, 6) is -0.138. The minimum atomic E-state index is -0.309. The molecule has 0 spiro atoms. The van der Waals surface area contributed by atoms with Gasteiger partial charge >= 0.3 is 0 Å². The van der Waals surface area contributed by atoms with Crippen molar-refractivity contribution in [2.75, 3.05) is 0 Å². The molecule has 2 nitrogen and oxygen atoms in total. The van der Waals surface area contributed by atoms with Crippen LogP contribution in [-0.2, 0) is 17.6 Å². The van der Waals surface area contributed by atoms with Crippen molar-refractivity contribution >= 4 is 5.78 Å². The second kappa shape index (κ2) is 6.67. The van der Waals surface area contributed by atoms with Crippen molar-refractivity contribution in [3.05, 3.63) is 29.3 Å². The Balaban J connectivity index is 2.70. The molecular weight excluding hydrogens is 265 g/mol. The number of aromatic nitrogens is 1. The number of aryl methyl sites for hydroxylation is 1. The van der Waals surface area contributed by atoms with Crippen LogP contribution in [0.3, 0.4) is 0 Å². The van der Waals surface area contributed by atoms with E-state index in [1.54, 1.807) is 6.07 Å². The van der Waals surface area contributed by atoms with Crippen LogP contribution in [0.15, 0.2) is 12.1 Å². The van der Waals surface area contributed by atoms with Crippen LogP contribution in [0.5, 0.6) is 0 Å². The standard InChI is InChI=1S/C18H28FNO/c1-17(2,3)11-13-7-9-15(19)16(20-13)10-8-14(21)12-18(4,5)6/h7,9H,8,10-12H2,1-6H3. The summed E-state index contributed by atoms with van der Waals surface area (Å²) in [7, 11) is 0. The van der Waals surface area contributed by atoms with Gasteiger partial charge in [0.2, 0.25) is 0 Å². The van der Waals surface area contributed by atoms with Crippen LogP contribution in [0.4, 0.5) is 4.39 Å². The van der Waals surface area contributed by atoms with E-state index in [4.69, 9.17) is 0 Å². The van der Waals surface area contributed by atoms with E-state index in [0.29, 0.717) is 25.0 Å². The highest BCUT2D eigenvalue weighted by molar-refractivity contribution is 5.79. The van der Waals surface area contributed by atoms with Gasteiger partial charge in [0.25, 0.3) is 0 Å². The van der Waals surface area contributed by atoms with Crippen molar-refractivity contribution in [3.63, 3.8) is 0 Å². The summed E-state index contributed by atoms with van der Waals surface area (Å²) in [5.41, 5.74) is 1.41. The number of carbonyl (C=O) groups excluding carboxylic acids is 1. The van der Waals surface area contributed by atoms with E-state index in [2.05, 4.69) is 25.8 Å². The number of ketones is 1. The predicted octanol–water partition coefficient (Wildman–Crippen LogP) is 4.75. The average molecular weight is 293 g/mol. The monoisotopic (exact) mass is 293 g/mol. The molecule has 0 saturated carbocycles. The van der Waals surface area contributed by atoms with Gasteiger partial charge in [-0.3, -0.25) is 9.78 Å². The molecule has 0 aromatic carbocycles. The molecule has 0 unspecified atom stereocenters. The average Bonchev–Trinajstić information content (AvgIpc) is 2.25. The third kappa shape index (κ3) is 7.35. The summed E-state index contributed by atoms with van der Waals surface area (Å²) >= 11 is 0. The highest BCUT2D eigenvalue weighted by Crippen LogP contribution is 2.22. The number of pyridine rings is 1. The molecule has 1 rings (SSSR count). The zero-order valence-corrected chi connectivity index (χ0v) is 14.2. The van der Waals surface area contributed by atoms with E-state index in [-0.39, 0.29) is 22.4 Å². The molecule has 0 aliphatic rings. The Kier molecular flexibility index (Phi) is 5.66. The Morgan fingerprint density at radius 2 is 1.71 bits per heavy atom. The molecule has 0 atom stereocenters.